The Hall–Kier alpha value is -1.34. The van der Waals surface area contributed by atoms with E-state index in [2.05, 4.69) is 26.6 Å². The van der Waals surface area contributed by atoms with Crippen molar-refractivity contribution in [3.63, 3.8) is 0 Å². The van der Waals surface area contributed by atoms with Gasteiger partial charge >= 0.3 is 0 Å². The number of carbonyl (C=O) groups excluding carboxylic acids is 2. The first kappa shape index (κ1) is 13.7. The Bertz CT molecular complexity index is 403. The van der Waals surface area contributed by atoms with Crippen LogP contribution in [0.5, 0.6) is 0 Å². The summed E-state index contributed by atoms with van der Waals surface area (Å²) < 4.78 is 5.45. The molecule has 0 fully saturated rings. The minimum Gasteiger partial charge on any atom is -0.444 e. The molecule has 0 aromatic carbocycles. The van der Waals surface area contributed by atoms with Gasteiger partial charge in [0.2, 0.25) is 5.91 Å². The maximum absolute atomic E-state index is 11.4. The fraction of sp³-hybridized carbons (Fsp3) is 0.400. The van der Waals surface area contributed by atoms with E-state index in [0.717, 1.165) is 0 Å². The van der Waals surface area contributed by atoms with E-state index in [1.807, 2.05) is 0 Å². The van der Waals surface area contributed by atoms with Crippen molar-refractivity contribution in [2.75, 3.05) is 13.1 Å². The molecule has 1 rings (SSSR count). The second-order valence-electron chi connectivity index (χ2n) is 3.44. The Morgan fingerprint density at radius 3 is 2.71 bits per heavy atom. The van der Waals surface area contributed by atoms with Gasteiger partial charge < -0.3 is 20.2 Å². The Kier molecular flexibility index (Phi) is 5.17. The van der Waals surface area contributed by atoms with Gasteiger partial charge in [-0.2, -0.15) is 0 Å². The number of nitrogens with one attached hydrogen (secondary N) is 2. The van der Waals surface area contributed by atoms with Crippen molar-refractivity contribution in [3.8, 4) is 0 Å². The van der Waals surface area contributed by atoms with Crippen LogP contribution in [-0.2, 0) is 4.79 Å². The number of amides is 2. The van der Waals surface area contributed by atoms with Crippen LogP contribution >= 0.6 is 15.9 Å². The fourth-order valence-corrected chi connectivity index (χ4v) is 1.31. The van der Waals surface area contributed by atoms with E-state index in [1.54, 1.807) is 13.0 Å². The molecule has 1 aromatic heterocycles. The molecule has 6 nitrogen and oxygen atoms in total. The number of halogens is 1. The van der Waals surface area contributed by atoms with Gasteiger partial charge in [-0.3, -0.25) is 9.59 Å². The van der Waals surface area contributed by atoms with Gasteiger partial charge in [-0.05, 0) is 35.0 Å². The monoisotopic (exact) mass is 304 g/mol. The van der Waals surface area contributed by atoms with Gasteiger partial charge in [-0.15, -0.1) is 0 Å². The standard InChI is InChI=1S/C10H13BrN2O4/c1-6(14)4-12-9(15)5-13-10(16)7-2-3-8(11)17-7/h2-3,6,14H,4-5H2,1H3,(H,12,15)(H,13,16). The molecule has 94 valence electrons. The lowest BCUT2D eigenvalue weighted by molar-refractivity contribution is -0.120. The molecule has 1 atom stereocenters. The van der Waals surface area contributed by atoms with Crippen LogP contribution in [-0.4, -0.2) is 36.1 Å². The highest BCUT2D eigenvalue weighted by molar-refractivity contribution is 9.10. The summed E-state index contributed by atoms with van der Waals surface area (Å²) in [7, 11) is 0. The van der Waals surface area contributed by atoms with E-state index >= 15 is 0 Å². The molecular formula is C10H13BrN2O4. The maximum Gasteiger partial charge on any atom is 0.287 e. The van der Waals surface area contributed by atoms with Crippen molar-refractivity contribution in [2.24, 2.45) is 0 Å². The quantitative estimate of drug-likeness (QED) is 0.728. The highest BCUT2D eigenvalue weighted by Gasteiger charge is 2.11. The van der Waals surface area contributed by atoms with Crippen molar-refractivity contribution in [1.29, 1.82) is 0 Å². The first-order valence-corrected chi connectivity index (χ1v) is 5.76. The fourth-order valence-electron chi connectivity index (χ4n) is 1.01. The van der Waals surface area contributed by atoms with E-state index < -0.39 is 12.0 Å². The van der Waals surface area contributed by atoms with Crippen LogP contribution in [0.15, 0.2) is 21.2 Å². The van der Waals surface area contributed by atoms with E-state index in [0.29, 0.717) is 4.67 Å². The van der Waals surface area contributed by atoms with Crippen LogP contribution in [0.1, 0.15) is 17.5 Å². The molecular weight excluding hydrogens is 292 g/mol. The molecule has 0 aliphatic rings. The van der Waals surface area contributed by atoms with Crippen molar-refractivity contribution in [2.45, 2.75) is 13.0 Å². The minimum absolute atomic E-state index is 0.125. The molecule has 3 N–H and O–H groups in total. The highest BCUT2D eigenvalue weighted by Crippen LogP contribution is 2.13. The average Bonchev–Trinajstić information content (AvgIpc) is 2.70. The molecule has 0 bridgehead atoms. The molecule has 0 saturated carbocycles. The Labute approximate surface area is 106 Å². The van der Waals surface area contributed by atoms with Crippen molar-refractivity contribution >= 4 is 27.7 Å². The molecule has 7 heteroatoms. The summed E-state index contributed by atoms with van der Waals surface area (Å²) in [5.41, 5.74) is 0. The van der Waals surface area contributed by atoms with Crippen LogP contribution in [0.3, 0.4) is 0 Å². The summed E-state index contributed by atoms with van der Waals surface area (Å²) in [5.74, 6) is -0.715. The Balaban J connectivity index is 2.31. The first-order valence-electron chi connectivity index (χ1n) is 4.97. The van der Waals surface area contributed by atoms with Crippen molar-refractivity contribution in [3.05, 3.63) is 22.6 Å². The van der Waals surface area contributed by atoms with Gasteiger partial charge in [0, 0.05) is 6.54 Å². The number of aliphatic hydroxyl groups excluding tert-OH is 1. The van der Waals surface area contributed by atoms with Crippen molar-refractivity contribution < 1.29 is 19.1 Å². The Morgan fingerprint density at radius 1 is 1.47 bits per heavy atom. The van der Waals surface area contributed by atoms with Crippen molar-refractivity contribution in [1.82, 2.24) is 10.6 Å². The van der Waals surface area contributed by atoms with E-state index in [4.69, 9.17) is 9.52 Å². The van der Waals surface area contributed by atoms with Gasteiger partial charge in [-0.1, -0.05) is 0 Å². The van der Waals surface area contributed by atoms with Gasteiger partial charge in [0.05, 0.1) is 12.6 Å². The summed E-state index contributed by atoms with van der Waals surface area (Å²) in [5, 5.41) is 13.8. The third-order valence-electron chi connectivity index (χ3n) is 1.80. The van der Waals surface area contributed by atoms with Gasteiger partial charge in [0.1, 0.15) is 0 Å². The van der Waals surface area contributed by atoms with E-state index in [-0.39, 0.29) is 24.8 Å². The third kappa shape index (κ3) is 5.01. The minimum atomic E-state index is -0.615. The predicted octanol–water partition coefficient (Wildman–Crippen LogP) is 0.269. The topological polar surface area (TPSA) is 91.6 Å². The van der Waals surface area contributed by atoms with E-state index in [9.17, 15) is 9.59 Å². The number of carbonyl (C=O) groups is 2. The lowest BCUT2D eigenvalue weighted by Crippen LogP contribution is -2.39. The normalized spacial score (nSPS) is 11.9. The van der Waals surface area contributed by atoms with Gasteiger partial charge in [-0.25, -0.2) is 0 Å². The van der Waals surface area contributed by atoms with Crippen LogP contribution in [0, 0.1) is 0 Å². The number of aliphatic hydroxyl groups is 1. The molecule has 17 heavy (non-hydrogen) atoms. The smallest absolute Gasteiger partial charge is 0.287 e. The molecule has 2 amide bonds. The third-order valence-corrected chi connectivity index (χ3v) is 2.23. The summed E-state index contributed by atoms with van der Waals surface area (Å²) in [6.45, 7) is 1.55. The molecule has 0 aliphatic heterocycles. The zero-order valence-electron chi connectivity index (χ0n) is 9.20. The lowest BCUT2D eigenvalue weighted by Gasteiger charge is -2.07. The molecule has 0 radical (unpaired) electrons. The van der Waals surface area contributed by atoms with Crippen LogP contribution in [0.2, 0.25) is 0 Å². The number of hydrogen-bond donors (Lipinski definition) is 3. The summed E-state index contributed by atoms with van der Waals surface area (Å²) >= 11 is 3.07. The predicted molar refractivity (Wildman–Crippen MR) is 63.4 cm³/mol. The molecule has 0 aliphatic carbocycles. The summed E-state index contributed by atoms with van der Waals surface area (Å²) in [6, 6.07) is 3.08. The average molecular weight is 305 g/mol. The summed E-state index contributed by atoms with van der Waals surface area (Å²) in [4.78, 5) is 22.7. The zero-order chi connectivity index (χ0) is 12.8. The van der Waals surface area contributed by atoms with Crippen LogP contribution in [0.25, 0.3) is 0 Å². The molecule has 0 spiro atoms. The summed E-state index contributed by atoms with van der Waals surface area (Å²) in [6.07, 6.45) is -0.615. The first-order chi connectivity index (χ1) is 7.99. The van der Waals surface area contributed by atoms with Crippen LogP contribution in [0.4, 0.5) is 0 Å². The van der Waals surface area contributed by atoms with Gasteiger partial charge in [0.25, 0.3) is 5.91 Å². The van der Waals surface area contributed by atoms with Crippen LogP contribution < -0.4 is 10.6 Å². The largest absolute Gasteiger partial charge is 0.444 e. The molecule has 0 saturated heterocycles. The van der Waals surface area contributed by atoms with E-state index in [1.165, 1.54) is 6.07 Å². The molecule has 1 unspecified atom stereocenters. The van der Waals surface area contributed by atoms with Gasteiger partial charge in [0.15, 0.2) is 10.4 Å². The lowest BCUT2D eigenvalue weighted by atomic mass is 10.4. The second kappa shape index (κ2) is 6.41. The Morgan fingerprint density at radius 2 is 2.18 bits per heavy atom. The maximum atomic E-state index is 11.4. The molecule has 1 aromatic rings. The number of hydrogen-bond acceptors (Lipinski definition) is 4. The number of furan rings is 1. The SMILES string of the molecule is CC(O)CNC(=O)CNC(=O)c1ccc(Br)o1. The zero-order valence-corrected chi connectivity index (χ0v) is 10.8. The highest BCUT2D eigenvalue weighted by atomic mass is 79.9. The number of rotatable bonds is 5. The second-order valence-corrected chi connectivity index (χ2v) is 4.22. The molecule has 1 heterocycles.